The van der Waals surface area contributed by atoms with Gasteiger partial charge in [-0.25, -0.2) is 9.59 Å². The number of benzene rings is 1. The number of ether oxygens (including phenoxy) is 1. The number of alkyl carbamates (subject to hydrolysis) is 1. The van der Waals surface area contributed by atoms with Crippen molar-refractivity contribution in [2.24, 2.45) is 11.7 Å². The summed E-state index contributed by atoms with van der Waals surface area (Å²) in [6.07, 6.45) is -0.892. The number of carboxylic acid groups (broad SMARTS) is 1. The van der Waals surface area contributed by atoms with E-state index < -0.39 is 47.9 Å². The van der Waals surface area contributed by atoms with Gasteiger partial charge in [-0.15, -0.1) is 0 Å². The number of primary amides is 1. The van der Waals surface area contributed by atoms with Crippen molar-refractivity contribution in [3.63, 3.8) is 0 Å². The molecule has 0 fully saturated rings. The van der Waals surface area contributed by atoms with Crippen molar-refractivity contribution >= 4 is 29.8 Å². The standard InChI is InChI=1S/C22H32N4O7/c1-13(2)11-17(26-22(32)33-12-15-7-5-4-6-8-15)20(29)24-14(3)19(28)25-16(21(30)31)9-10-18(23)27/h4-8,13-14,16-17H,9-12H2,1-3H3,(H2,23,27)(H,24,29)(H,25,28)(H,26,32)(H,30,31)/t14-,16-,17-/m0/s1. The summed E-state index contributed by atoms with van der Waals surface area (Å²) in [6, 6.07) is 5.64. The molecule has 0 heterocycles. The van der Waals surface area contributed by atoms with E-state index in [1.165, 1.54) is 6.92 Å². The average Bonchev–Trinajstić information content (AvgIpc) is 2.74. The molecule has 6 N–H and O–H groups in total. The molecule has 1 aromatic rings. The van der Waals surface area contributed by atoms with Crippen molar-refractivity contribution in [2.45, 2.75) is 64.8 Å². The minimum absolute atomic E-state index is 0.0311. The van der Waals surface area contributed by atoms with Gasteiger partial charge >= 0.3 is 12.1 Å². The molecule has 4 amide bonds. The quantitative estimate of drug-likeness (QED) is 0.285. The van der Waals surface area contributed by atoms with Crippen LogP contribution in [0.2, 0.25) is 0 Å². The molecular formula is C22H32N4O7. The number of carboxylic acids is 1. The van der Waals surface area contributed by atoms with Crippen molar-refractivity contribution in [3.8, 4) is 0 Å². The van der Waals surface area contributed by atoms with E-state index in [0.29, 0.717) is 0 Å². The fourth-order valence-corrected chi connectivity index (χ4v) is 2.83. The van der Waals surface area contributed by atoms with E-state index in [9.17, 15) is 29.1 Å². The predicted molar refractivity (Wildman–Crippen MR) is 119 cm³/mol. The normalized spacial score (nSPS) is 13.3. The Hall–Kier alpha value is -3.63. The number of nitrogens with one attached hydrogen (secondary N) is 3. The Morgan fingerprint density at radius 1 is 0.939 bits per heavy atom. The lowest BCUT2D eigenvalue weighted by Crippen LogP contribution is -2.55. The number of hydrogen-bond acceptors (Lipinski definition) is 6. The molecule has 0 aromatic heterocycles. The molecule has 0 bridgehead atoms. The molecule has 11 nitrogen and oxygen atoms in total. The van der Waals surface area contributed by atoms with Crippen molar-refractivity contribution in [3.05, 3.63) is 35.9 Å². The highest BCUT2D eigenvalue weighted by Crippen LogP contribution is 2.07. The third kappa shape index (κ3) is 11.0. The number of aliphatic carboxylic acids is 1. The van der Waals surface area contributed by atoms with Gasteiger partial charge in [-0.2, -0.15) is 0 Å². The molecule has 3 atom stereocenters. The summed E-state index contributed by atoms with van der Waals surface area (Å²) in [5.74, 6) is -3.35. The number of hydrogen-bond donors (Lipinski definition) is 5. The Bertz CT molecular complexity index is 829. The van der Waals surface area contributed by atoms with Crippen LogP contribution in [0.1, 0.15) is 45.6 Å². The average molecular weight is 465 g/mol. The summed E-state index contributed by atoms with van der Waals surface area (Å²) < 4.78 is 5.16. The predicted octanol–water partition coefficient (Wildman–Crippen LogP) is 0.667. The van der Waals surface area contributed by atoms with Crippen LogP contribution >= 0.6 is 0 Å². The molecule has 0 unspecified atom stereocenters. The van der Waals surface area contributed by atoms with Gasteiger partial charge in [0.2, 0.25) is 17.7 Å². The summed E-state index contributed by atoms with van der Waals surface area (Å²) in [5.41, 5.74) is 5.80. The monoisotopic (exact) mass is 464 g/mol. The second kappa shape index (κ2) is 13.7. The largest absolute Gasteiger partial charge is 0.480 e. The second-order valence-electron chi connectivity index (χ2n) is 8.02. The van der Waals surface area contributed by atoms with Gasteiger partial charge < -0.3 is 31.5 Å². The van der Waals surface area contributed by atoms with E-state index in [1.807, 2.05) is 19.9 Å². The van der Waals surface area contributed by atoms with Crippen LogP contribution < -0.4 is 21.7 Å². The molecule has 1 aromatic carbocycles. The van der Waals surface area contributed by atoms with Crippen molar-refractivity contribution < 1.29 is 33.8 Å². The third-order valence-electron chi connectivity index (χ3n) is 4.57. The van der Waals surface area contributed by atoms with Crippen molar-refractivity contribution in [1.82, 2.24) is 16.0 Å². The Morgan fingerprint density at radius 2 is 1.58 bits per heavy atom. The highest BCUT2D eigenvalue weighted by Gasteiger charge is 2.28. The Balaban J connectivity index is 2.67. The second-order valence-corrected chi connectivity index (χ2v) is 8.02. The Kier molecular flexibility index (Phi) is 11.4. The van der Waals surface area contributed by atoms with Gasteiger partial charge in [0.1, 0.15) is 24.7 Å². The molecule has 182 valence electrons. The maximum Gasteiger partial charge on any atom is 0.408 e. The summed E-state index contributed by atoms with van der Waals surface area (Å²) in [7, 11) is 0. The van der Waals surface area contributed by atoms with Gasteiger partial charge in [-0.3, -0.25) is 14.4 Å². The van der Waals surface area contributed by atoms with E-state index in [-0.39, 0.29) is 31.8 Å². The number of rotatable bonds is 13. The minimum Gasteiger partial charge on any atom is -0.480 e. The minimum atomic E-state index is -1.33. The molecule has 0 aliphatic heterocycles. The summed E-state index contributed by atoms with van der Waals surface area (Å²) in [4.78, 5) is 59.4. The molecule has 0 radical (unpaired) electrons. The molecule has 0 spiro atoms. The maximum atomic E-state index is 12.7. The zero-order valence-electron chi connectivity index (χ0n) is 19.0. The van der Waals surface area contributed by atoms with Crippen LogP contribution in [0.25, 0.3) is 0 Å². The third-order valence-corrected chi connectivity index (χ3v) is 4.57. The molecule has 0 saturated carbocycles. The molecule has 0 aliphatic carbocycles. The first-order valence-corrected chi connectivity index (χ1v) is 10.6. The Labute approximate surface area is 192 Å². The van der Waals surface area contributed by atoms with Gasteiger partial charge in [0.15, 0.2) is 0 Å². The smallest absolute Gasteiger partial charge is 0.408 e. The highest BCUT2D eigenvalue weighted by molar-refractivity contribution is 5.92. The summed E-state index contributed by atoms with van der Waals surface area (Å²) >= 11 is 0. The molecule has 11 heteroatoms. The zero-order chi connectivity index (χ0) is 25.0. The molecule has 33 heavy (non-hydrogen) atoms. The first kappa shape index (κ1) is 27.4. The number of carbonyl (C=O) groups excluding carboxylic acids is 4. The molecule has 0 saturated heterocycles. The van der Waals surface area contributed by atoms with Crippen LogP contribution in [0.4, 0.5) is 4.79 Å². The van der Waals surface area contributed by atoms with Gasteiger partial charge in [-0.05, 0) is 31.2 Å². The first-order valence-electron chi connectivity index (χ1n) is 10.6. The lowest BCUT2D eigenvalue weighted by atomic mass is 10.0. The van der Waals surface area contributed by atoms with Crippen molar-refractivity contribution in [2.75, 3.05) is 0 Å². The molecule has 1 rings (SSSR count). The van der Waals surface area contributed by atoms with Gasteiger partial charge in [0, 0.05) is 6.42 Å². The fraction of sp³-hybridized carbons (Fsp3) is 0.500. The van der Waals surface area contributed by atoms with Crippen LogP contribution in [0.5, 0.6) is 0 Å². The van der Waals surface area contributed by atoms with Crippen LogP contribution in [-0.4, -0.2) is 53.0 Å². The van der Waals surface area contributed by atoms with Crippen LogP contribution in [0, 0.1) is 5.92 Å². The highest BCUT2D eigenvalue weighted by atomic mass is 16.5. The van der Waals surface area contributed by atoms with Gasteiger partial charge in [0.05, 0.1) is 0 Å². The van der Waals surface area contributed by atoms with Crippen LogP contribution in [-0.2, 0) is 30.5 Å². The topological polar surface area (TPSA) is 177 Å². The number of amides is 4. The molecule has 0 aliphatic rings. The first-order chi connectivity index (χ1) is 15.5. The van der Waals surface area contributed by atoms with Gasteiger partial charge in [0.25, 0.3) is 0 Å². The van der Waals surface area contributed by atoms with E-state index in [1.54, 1.807) is 24.3 Å². The van der Waals surface area contributed by atoms with E-state index >= 15 is 0 Å². The Morgan fingerprint density at radius 3 is 2.12 bits per heavy atom. The van der Waals surface area contributed by atoms with Gasteiger partial charge in [-0.1, -0.05) is 44.2 Å². The van der Waals surface area contributed by atoms with Crippen LogP contribution in [0.3, 0.4) is 0 Å². The fourth-order valence-electron chi connectivity index (χ4n) is 2.83. The SMILES string of the molecule is CC(C)C[C@H](NC(=O)OCc1ccccc1)C(=O)N[C@@H](C)C(=O)N[C@@H](CCC(N)=O)C(=O)O. The van der Waals surface area contributed by atoms with Crippen molar-refractivity contribution in [1.29, 1.82) is 0 Å². The number of nitrogens with two attached hydrogens (primary N) is 1. The summed E-state index contributed by atoms with van der Waals surface area (Å²) in [5, 5.41) is 16.4. The van der Waals surface area contributed by atoms with E-state index in [0.717, 1.165) is 5.56 Å². The lowest BCUT2D eigenvalue weighted by Gasteiger charge is -2.23. The maximum absolute atomic E-state index is 12.7. The van der Waals surface area contributed by atoms with Crippen LogP contribution in [0.15, 0.2) is 30.3 Å². The summed E-state index contributed by atoms with van der Waals surface area (Å²) in [6.45, 7) is 5.14. The van der Waals surface area contributed by atoms with E-state index in [4.69, 9.17) is 10.5 Å². The lowest BCUT2D eigenvalue weighted by molar-refractivity contribution is -0.142. The zero-order valence-corrected chi connectivity index (χ0v) is 19.0. The number of carbonyl (C=O) groups is 5. The molecular weight excluding hydrogens is 432 g/mol. The van der Waals surface area contributed by atoms with E-state index in [2.05, 4.69) is 16.0 Å².